The molecule has 0 amide bonds. The molecule has 1 aromatic carbocycles. The van der Waals surface area contributed by atoms with Gasteiger partial charge < -0.3 is 14.9 Å². The maximum Gasteiger partial charge on any atom is 0.343 e. The van der Waals surface area contributed by atoms with Crippen LogP contribution in [-0.2, 0) is 0 Å². The molecule has 1 aliphatic rings. The van der Waals surface area contributed by atoms with E-state index in [1.54, 1.807) is 0 Å². The summed E-state index contributed by atoms with van der Waals surface area (Å²) in [6.45, 7) is 0. The van der Waals surface area contributed by atoms with Gasteiger partial charge in [-0.05, 0) is 12.8 Å². The van der Waals surface area contributed by atoms with Crippen molar-refractivity contribution in [1.29, 1.82) is 0 Å². The predicted molar refractivity (Wildman–Crippen MR) is 84.0 cm³/mol. The fraction of sp³-hybridized carbons (Fsp3) is 0.412. The van der Waals surface area contributed by atoms with Gasteiger partial charge in [0.25, 0.3) is 0 Å². The Hall–Kier alpha value is -2.30. The molecule has 0 unspecified atom stereocenters. The molecule has 22 heavy (non-hydrogen) atoms. The molecule has 5 nitrogen and oxygen atoms in total. The van der Waals surface area contributed by atoms with Crippen LogP contribution in [0, 0.1) is 0 Å². The third kappa shape index (κ3) is 3.13. The number of carboxylic acid groups (broad SMARTS) is 1. The minimum Gasteiger partial charge on any atom is -0.477 e. The molecular formula is C17H20N2O3. The van der Waals surface area contributed by atoms with E-state index in [0.29, 0.717) is 11.6 Å². The standard InChI is InChI=1S/C17H20N2O3/c20-17(21)14-15(12-8-4-3-5-9-12)22-19-16(14)18-13-10-6-1-2-7-11-13/h3-5,8-9,13H,1-2,6-7,10-11H2,(H,18,19)(H,20,21). The van der Waals surface area contributed by atoms with Crippen molar-refractivity contribution in [2.45, 2.75) is 44.6 Å². The van der Waals surface area contributed by atoms with Gasteiger partial charge in [0.15, 0.2) is 17.1 Å². The molecular weight excluding hydrogens is 280 g/mol. The zero-order chi connectivity index (χ0) is 15.4. The van der Waals surface area contributed by atoms with Gasteiger partial charge in [-0.1, -0.05) is 61.2 Å². The number of nitrogens with zero attached hydrogens (tertiary/aromatic N) is 1. The number of carboxylic acids is 1. The van der Waals surface area contributed by atoms with E-state index < -0.39 is 5.97 Å². The molecule has 0 atom stereocenters. The van der Waals surface area contributed by atoms with Gasteiger partial charge in [0.05, 0.1) is 0 Å². The maximum absolute atomic E-state index is 11.6. The van der Waals surface area contributed by atoms with Crippen LogP contribution < -0.4 is 5.32 Å². The first kappa shape index (κ1) is 14.6. The monoisotopic (exact) mass is 300 g/mol. The van der Waals surface area contributed by atoms with Crippen LogP contribution >= 0.6 is 0 Å². The van der Waals surface area contributed by atoms with E-state index in [0.717, 1.165) is 18.4 Å². The van der Waals surface area contributed by atoms with E-state index in [9.17, 15) is 9.90 Å². The molecule has 0 aliphatic heterocycles. The van der Waals surface area contributed by atoms with Crippen molar-refractivity contribution < 1.29 is 14.4 Å². The lowest BCUT2D eigenvalue weighted by atomic mass is 10.1. The van der Waals surface area contributed by atoms with Gasteiger partial charge in [0.1, 0.15) is 0 Å². The third-order valence-electron chi connectivity index (χ3n) is 4.14. The van der Waals surface area contributed by atoms with E-state index in [2.05, 4.69) is 10.5 Å². The van der Waals surface area contributed by atoms with Crippen molar-refractivity contribution in [3.63, 3.8) is 0 Å². The Kier molecular flexibility index (Phi) is 4.42. The molecule has 0 spiro atoms. The Morgan fingerprint density at radius 1 is 1.14 bits per heavy atom. The Labute approximate surface area is 129 Å². The van der Waals surface area contributed by atoms with Gasteiger partial charge in [-0.3, -0.25) is 0 Å². The van der Waals surface area contributed by atoms with Crippen molar-refractivity contribution in [3.8, 4) is 11.3 Å². The van der Waals surface area contributed by atoms with E-state index in [4.69, 9.17) is 4.52 Å². The zero-order valence-corrected chi connectivity index (χ0v) is 12.4. The van der Waals surface area contributed by atoms with E-state index in [1.807, 2.05) is 30.3 Å². The van der Waals surface area contributed by atoms with Crippen LogP contribution in [0.2, 0.25) is 0 Å². The number of aromatic nitrogens is 1. The zero-order valence-electron chi connectivity index (χ0n) is 12.4. The predicted octanol–water partition coefficient (Wildman–Crippen LogP) is 4.17. The normalized spacial score (nSPS) is 16.2. The molecule has 116 valence electrons. The molecule has 2 aromatic rings. The fourth-order valence-corrected chi connectivity index (χ4v) is 2.99. The quantitative estimate of drug-likeness (QED) is 0.829. The first-order valence-corrected chi connectivity index (χ1v) is 7.80. The second kappa shape index (κ2) is 6.64. The number of hydrogen-bond acceptors (Lipinski definition) is 4. The van der Waals surface area contributed by atoms with Gasteiger partial charge in [0.2, 0.25) is 0 Å². The summed E-state index contributed by atoms with van der Waals surface area (Å²) in [6.07, 6.45) is 6.93. The average Bonchev–Trinajstić information content (AvgIpc) is 2.77. The summed E-state index contributed by atoms with van der Waals surface area (Å²) in [4.78, 5) is 11.6. The third-order valence-corrected chi connectivity index (χ3v) is 4.14. The van der Waals surface area contributed by atoms with E-state index in [1.165, 1.54) is 25.7 Å². The summed E-state index contributed by atoms with van der Waals surface area (Å²) in [5.74, 6) is -0.362. The van der Waals surface area contributed by atoms with Gasteiger partial charge in [-0.25, -0.2) is 4.79 Å². The highest BCUT2D eigenvalue weighted by molar-refractivity contribution is 5.99. The highest BCUT2D eigenvalue weighted by Gasteiger charge is 2.25. The largest absolute Gasteiger partial charge is 0.477 e. The van der Waals surface area contributed by atoms with Crippen molar-refractivity contribution in [3.05, 3.63) is 35.9 Å². The number of benzene rings is 1. The van der Waals surface area contributed by atoms with Gasteiger partial charge in [-0.2, -0.15) is 0 Å². The molecule has 3 rings (SSSR count). The summed E-state index contributed by atoms with van der Waals surface area (Å²) < 4.78 is 5.32. The molecule has 0 bridgehead atoms. The second-order valence-corrected chi connectivity index (χ2v) is 5.74. The van der Waals surface area contributed by atoms with Crippen molar-refractivity contribution in [1.82, 2.24) is 5.16 Å². The Morgan fingerprint density at radius 2 is 1.82 bits per heavy atom. The molecule has 1 aromatic heterocycles. The van der Waals surface area contributed by atoms with Crippen molar-refractivity contribution in [2.75, 3.05) is 5.32 Å². The molecule has 5 heteroatoms. The number of anilines is 1. The highest BCUT2D eigenvalue weighted by Crippen LogP contribution is 2.31. The maximum atomic E-state index is 11.6. The minimum absolute atomic E-state index is 0.121. The summed E-state index contributed by atoms with van der Waals surface area (Å²) in [7, 11) is 0. The van der Waals surface area contributed by atoms with Crippen LogP contribution in [0.5, 0.6) is 0 Å². The topological polar surface area (TPSA) is 75.4 Å². The summed E-state index contributed by atoms with van der Waals surface area (Å²) in [6, 6.07) is 9.49. The minimum atomic E-state index is -1.02. The number of carbonyl (C=O) groups is 1. The molecule has 1 fully saturated rings. The smallest absolute Gasteiger partial charge is 0.343 e. The van der Waals surface area contributed by atoms with Crippen molar-refractivity contribution >= 4 is 11.8 Å². The van der Waals surface area contributed by atoms with Crippen LogP contribution in [0.25, 0.3) is 11.3 Å². The Bertz CT molecular complexity index is 629. The molecule has 1 saturated carbocycles. The molecule has 1 heterocycles. The average molecular weight is 300 g/mol. The lowest BCUT2D eigenvalue weighted by Crippen LogP contribution is -2.20. The second-order valence-electron chi connectivity index (χ2n) is 5.74. The van der Waals surface area contributed by atoms with E-state index >= 15 is 0 Å². The highest BCUT2D eigenvalue weighted by atomic mass is 16.5. The Balaban J connectivity index is 1.88. The lowest BCUT2D eigenvalue weighted by Gasteiger charge is -2.15. The van der Waals surface area contributed by atoms with Gasteiger partial charge in [0, 0.05) is 11.6 Å². The number of rotatable bonds is 4. The summed E-state index contributed by atoms with van der Waals surface area (Å²) >= 11 is 0. The fourth-order valence-electron chi connectivity index (χ4n) is 2.99. The molecule has 0 radical (unpaired) electrons. The number of nitrogens with one attached hydrogen (secondary N) is 1. The lowest BCUT2D eigenvalue weighted by molar-refractivity contribution is 0.0698. The van der Waals surface area contributed by atoms with Crippen LogP contribution in [0.4, 0.5) is 5.82 Å². The molecule has 2 N–H and O–H groups in total. The van der Waals surface area contributed by atoms with Gasteiger partial charge in [-0.15, -0.1) is 0 Å². The van der Waals surface area contributed by atoms with Crippen LogP contribution in [-0.4, -0.2) is 22.3 Å². The van der Waals surface area contributed by atoms with Gasteiger partial charge >= 0.3 is 5.97 Å². The van der Waals surface area contributed by atoms with Crippen LogP contribution in [0.3, 0.4) is 0 Å². The Morgan fingerprint density at radius 3 is 2.45 bits per heavy atom. The van der Waals surface area contributed by atoms with Crippen molar-refractivity contribution in [2.24, 2.45) is 0 Å². The first-order valence-electron chi connectivity index (χ1n) is 7.80. The number of aromatic carboxylic acids is 1. The number of hydrogen-bond donors (Lipinski definition) is 2. The first-order chi connectivity index (χ1) is 10.8. The van der Waals surface area contributed by atoms with Crippen LogP contribution in [0.1, 0.15) is 48.9 Å². The summed E-state index contributed by atoms with van der Waals surface area (Å²) in [5, 5.41) is 16.8. The van der Waals surface area contributed by atoms with Crippen LogP contribution in [0.15, 0.2) is 34.9 Å². The SMILES string of the molecule is O=C(O)c1c(NC2CCCCCC2)noc1-c1ccccc1. The van der Waals surface area contributed by atoms with E-state index in [-0.39, 0.29) is 11.6 Å². The summed E-state index contributed by atoms with van der Waals surface area (Å²) in [5.41, 5.74) is 0.844. The molecule has 1 aliphatic carbocycles. The molecule has 0 saturated heterocycles.